The molecule has 5 heteroatoms. The van der Waals surface area contributed by atoms with Crippen molar-refractivity contribution < 1.29 is 14.6 Å². The average Bonchev–Trinajstić information content (AvgIpc) is 2.30. The lowest BCUT2D eigenvalue weighted by molar-refractivity contribution is 0.0205. The summed E-state index contributed by atoms with van der Waals surface area (Å²) < 4.78 is 5.30. The molecule has 0 spiro atoms. The monoisotopic (exact) mass is 214 g/mol. The molecule has 0 radical (unpaired) electrons. The molecule has 0 aliphatic carbocycles. The molecule has 0 aromatic heterocycles. The Balaban J connectivity index is 1.99. The van der Waals surface area contributed by atoms with E-state index in [1.807, 2.05) is 0 Å². The van der Waals surface area contributed by atoms with E-state index in [2.05, 4.69) is 5.32 Å². The molecule has 0 saturated carbocycles. The van der Waals surface area contributed by atoms with E-state index in [4.69, 9.17) is 9.84 Å². The molecule has 0 aromatic rings. The standard InChI is InChI=1S/C10H18N2O3/c13-10(14)12-4-3-11-7-9(12)8-1-5-15-6-2-8/h8-9,11H,1-7H2,(H,13,14). The molecule has 2 saturated heterocycles. The highest BCUT2D eigenvalue weighted by Crippen LogP contribution is 2.23. The van der Waals surface area contributed by atoms with Crippen LogP contribution in [0.3, 0.4) is 0 Å². The van der Waals surface area contributed by atoms with Crippen molar-refractivity contribution in [3.8, 4) is 0 Å². The summed E-state index contributed by atoms with van der Waals surface area (Å²) in [7, 11) is 0. The fourth-order valence-electron chi connectivity index (χ4n) is 2.48. The van der Waals surface area contributed by atoms with Gasteiger partial charge in [-0.2, -0.15) is 0 Å². The largest absolute Gasteiger partial charge is 0.465 e. The highest BCUT2D eigenvalue weighted by molar-refractivity contribution is 5.65. The molecule has 2 fully saturated rings. The number of carboxylic acid groups (broad SMARTS) is 1. The molecule has 86 valence electrons. The highest BCUT2D eigenvalue weighted by atomic mass is 16.5. The molecule has 1 atom stereocenters. The van der Waals surface area contributed by atoms with Gasteiger partial charge in [0.2, 0.25) is 0 Å². The summed E-state index contributed by atoms with van der Waals surface area (Å²) in [4.78, 5) is 12.7. The second-order valence-corrected chi connectivity index (χ2v) is 4.20. The first-order valence-electron chi connectivity index (χ1n) is 5.57. The van der Waals surface area contributed by atoms with Crippen LogP contribution in [0.2, 0.25) is 0 Å². The van der Waals surface area contributed by atoms with Gasteiger partial charge in [-0.25, -0.2) is 4.79 Å². The van der Waals surface area contributed by atoms with E-state index in [9.17, 15) is 4.79 Å². The number of rotatable bonds is 1. The van der Waals surface area contributed by atoms with Gasteiger partial charge in [-0.1, -0.05) is 0 Å². The smallest absolute Gasteiger partial charge is 0.407 e. The van der Waals surface area contributed by atoms with Crippen LogP contribution in [0.4, 0.5) is 4.79 Å². The molecule has 0 bridgehead atoms. The summed E-state index contributed by atoms with van der Waals surface area (Å²) in [6.45, 7) is 3.71. The van der Waals surface area contributed by atoms with Crippen molar-refractivity contribution in [1.29, 1.82) is 0 Å². The fraction of sp³-hybridized carbons (Fsp3) is 0.900. The zero-order chi connectivity index (χ0) is 10.7. The van der Waals surface area contributed by atoms with Crippen LogP contribution in [-0.4, -0.2) is 55.0 Å². The molecule has 2 aliphatic rings. The Morgan fingerprint density at radius 1 is 1.40 bits per heavy atom. The van der Waals surface area contributed by atoms with E-state index in [-0.39, 0.29) is 6.04 Å². The Hall–Kier alpha value is -0.810. The van der Waals surface area contributed by atoms with Crippen molar-refractivity contribution >= 4 is 6.09 Å². The summed E-state index contributed by atoms with van der Waals surface area (Å²) in [5, 5.41) is 12.4. The lowest BCUT2D eigenvalue weighted by atomic mass is 9.90. The van der Waals surface area contributed by atoms with Gasteiger partial charge in [0.1, 0.15) is 0 Å². The maximum absolute atomic E-state index is 11.1. The number of amides is 1. The van der Waals surface area contributed by atoms with Crippen molar-refractivity contribution in [3.05, 3.63) is 0 Å². The number of carbonyl (C=O) groups is 1. The Kier molecular flexibility index (Phi) is 3.43. The third-order valence-corrected chi connectivity index (χ3v) is 3.34. The van der Waals surface area contributed by atoms with Crippen LogP contribution in [0.5, 0.6) is 0 Å². The molecule has 1 unspecified atom stereocenters. The van der Waals surface area contributed by atoms with E-state index in [1.54, 1.807) is 4.90 Å². The van der Waals surface area contributed by atoms with E-state index >= 15 is 0 Å². The summed E-state index contributed by atoms with van der Waals surface area (Å²) in [6, 6.07) is 0.139. The first-order valence-corrected chi connectivity index (χ1v) is 5.57. The Morgan fingerprint density at radius 3 is 2.80 bits per heavy atom. The molecule has 2 N–H and O–H groups in total. The predicted molar refractivity (Wildman–Crippen MR) is 54.9 cm³/mol. The van der Waals surface area contributed by atoms with E-state index in [1.165, 1.54) is 0 Å². The Bertz CT molecular complexity index is 229. The maximum Gasteiger partial charge on any atom is 0.407 e. The van der Waals surface area contributed by atoms with Crippen molar-refractivity contribution in [1.82, 2.24) is 10.2 Å². The van der Waals surface area contributed by atoms with Crippen molar-refractivity contribution in [2.75, 3.05) is 32.8 Å². The number of nitrogens with zero attached hydrogens (tertiary/aromatic N) is 1. The number of hydrogen-bond donors (Lipinski definition) is 2. The van der Waals surface area contributed by atoms with Crippen LogP contribution in [0.1, 0.15) is 12.8 Å². The van der Waals surface area contributed by atoms with Crippen molar-refractivity contribution in [2.24, 2.45) is 5.92 Å². The summed E-state index contributed by atoms with van der Waals surface area (Å²) in [5.74, 6) is 0.461. The molecule has 1 amide bonds. The predicted octanol–water partition coefficient (Wildman–Crippen LogP) is 0.365. The van der Waals surface area contributed by atoms with E-state index in [0.717, 1.165) is 39.1 Å². The minimum Gasteiger partial charge on any atom is -0.465 e. The van der Waals surface area contributed by atoms with Crippen LogP contribution in [0.25, 0.3) is 0 Å². The van der Waals surface area contributed by atoms with Crippen molar-refractivity contribution in [3.63, 3.8) is 0 Å². The lowest BCUT2D eigenvalue weighted by Gasteiger charge is -2.40. The third-order valence-electron chi connectivity index (χ3n) is 3.34. The lowest BCUT2D eigenvalue weighted by Crippen LogP contribution is -2.56. The molecule has 2 heterocycles. The molecular weight excluding hydrogens is 196 g/mol. The number of piperazine rings is 1. The molecule has 5 nitrogen and oxygen atoms in total. The highest BCUT2D eigenvalue weighted by Gasteiger charge is 2.33. The van der Waals surface area contributed by atoms with Gasteiger partial charge in [-0.3, -0.25) is 0 Å². The van der Waals surface area contributed by atoms with Gasteiger partial charge in [0.15, 0.2) is 0 Å². The van der Waals surface area contributed by atoms with Crippen LogP contribution in [0.15, 0.2) is 0 Å². The van der Waals surface area contributed by atoms with Gasteiger partial charge in [-0.15, -0.1) is 0 Å². The second-order valence-electron chi connectivity index (χ2n) is 4.20. The van der Waals surface area contributed by atoms with Crippen LogP contribution in [0, 0.1) is 5.92 Å². The normalized spacial score (nSPS) is 29.1. The van der Waals surface area contributed by atoms with Gasteiger partial charge in [0, 0.05) is 32.8 Å². The molecule has 15 heavy (non-hydrogen) atoms. The second kappa shape index (κ2) is 4.81. The van der Waals surface area contributed by atoms with Gasteiger partial charge < -0.3 is 20.1 Å². The first-order chi connectivity index (χ1) is 7.29. The molecule has 2 rings (SSSR count). The maximum atomic E-state index is 11.1. The molecule has 2 aliphatic heterocycles. The third kappa shape index (κ3) is 2.41. The van der Waals surface area contributed by atoms with Crippen LogP contribution in [-0.2, 0) is 4.74 Å². The summed E-state index contributed by atoms with van der Waals surface area (Å²) >= 11 is 0. The zero-order valence-corrected chi connectivity index (χ0v) is 8.82. The molecule has 0 aromatic carbocycles. The molecular formula is C10H18N2O3. The number of hydrogen-bond acceptors (Lipinski definition) is 3. The van der Waals surface area contributed by atoms with Crippen molar-refractivity contribution in [2.45, 2.75) is 18.9 Å². The minimum atomic E-state index is -0.784. The summed E-state index contributed by atoms with van der Waals surface area (Å²) in [6.07, 6.45) is 1.18. The van der Waals surface area contributed by atoms with Crippen LogP contribution >= 0.6 is 0 Å². The topological polar surface area (TPSA) is 61.8 Å². The minimum absolute atomic E-state index is 0.139. The Morgan fingerprint density at radius 2 is 2.13 bits per heavy atom. The van der Waals surface area contributed by atoms with E-state index in [0.29, 0.717) is 12.5 Å². The van der Waals surface area contributed by atoms with Gasteiger partial charge in [0.25, 0.3) is 0 Å². The van der Waals surface area contributed by atoms with Gasteiger partial charge >= 0.3 is 6.09 Å². The van der Waals surface area contributed by atoms with Gasteiger partial charge in [-0.05, 0) is 18.8 Å². The van der Waals surface area contributed by atoms with Gasteiger partial charge in [0.05, 0.1) is 6.04 Å². The van der Waals surface area contributed by atoms with E-state index < -0.39 is 6.09 Å². The first kappa shape index (κ1) is 10.7. The average molecular weight is 214 g/mol. The fourth-order valence-corrected chi connectivity index (χ4v) is 2.48. The number of ether oxygens (including phenoxy) is 1. The number of nitrogens with one attached hydrogen (secondary N) is 1. The Labute approximate surface area is 89.4 Å². The zero-order valence-electron chi connectivity index (χ0n) is 8.82. The summed E-state index contributed by atoms with van der Waals surface area (Å²) in [5.41, 5.74) is 0. The SMILES string of the molecule is O=C(O)N1CCNCC1C1CCOCC1. The van der Waals surface area contributed by atoms with Crippen LogP contribution < -0.4 is 5.32 Å². The quantitative estimate of drug-likeness (QED) is 0.662.